The molecule has 3 aliphatic rings. The number of Topliss-reactive ketones (excluding diaryl/α,β-unsaturated/α-hetero) is 1. The van der Waals surface area contributed by atoms with E-state index in [1.54, 1.807) is 18.8 Å². The summed E-state index contributed by atoms with van der Waals surface area (Å²) in [6.07, 6.45) is -0.585. The van der Waals surface area contributed by atoms with Crippen molar-refractivity contribution in [3.8, 4) is 0 Å². The van der Waals surface area contributed by atoms with Gasteiger partial charge in [0.2, 0.25) is 5.82 Å². The zero-order valence-corrected chi connectivity index (χ0v) is 22.5. The van der Waals surface area contributed by atoms with Gasteiger partial charge in [0.1, 0.15) is 5.60 Å². The fraction of sp³-hybridized carbons (Fsp3) is 0.692. The molecule has 8 atom stereocenters. The van der Waals surface area contributed by atoms with Gasteiger partial charge < -0.3 is 29.8 Å². The molecule has 2 aliphatic carbocycles. The zero-order valence-electron chi connectivity index (χ0n) is 22.5. The Bertz CT molecular complexity index is 1240. The molecule has 2 saturated carbocycles. The summed E-state index contributed by atoms with van der Waals surface area (Å²) in [5, 5.41) is 34.7. The molecule has 0 radical (unpaired) electrons. The lowest BCUT2D eigenvalue weighted by Gasteiger charge is -2.71. The lowest BCUT2D eigenvalue weighted by atomic mass is 9.40. The number of carbonyl (C=O) groups excluding carboxylic acids is 2. The van der Waals surface area contributed by atoms with Gasteiger partial charge in [0.15, 0.2) is 17.5 Å². The molecular formula is C26H37FN2O9. The molecular weight excluding hydrogens is 503 g/mol. The van der Waals surface area contributed by atoms with Crippen molar-refractivity contribution in [2.45, 2.75) is 95.9 Å². The van der Waals surface area contributed by atoms with Crippen LogP contribution in [0.1, 0.15) is 60.8 Å². The highest BCUT2D eigenvalue weighted by molar-refractivity contribution is 5.92. The molecule has 1 aliphatic heterocycles. The van der Waals surface area contributed by atoms with Crippen molar-refractivity contribution in [3.63, 3.8) is 0 Å². The van der Waals surface area contributed by atoms with Crippen molar-refractivity contribution >= 4 is 11.8 Å². The number of aromatic amines is 2. The van der Waals surface area contributed by atoms with Gasteiger partial charge in [-0.2, -0.15) is 4.39 Å². The number of fused-ring (bicyclic) bond motifs is 3. The molecule has 11 nitrogen and oxygen atoms in total. The van der Waals surface area contributed by atoms with Crippen molar-refractivity contribution in [3.05, 3.63) is 45.5 Å². The van der Waals surface area contributed by atoms with Gasteiger partial charge in [-0.15, -0.1) is 6.58 Å². The number of aromatic nitrogens is 2. The van der Waals surface area contributed by atoms with Crippen LogP contribution in [0.5, 0.6) is 0 Å². The predicted octanol–water partition coefficient (Wildman–Crippen LogP) is 0.722. The van der Waals surface area contributed by atoms with Crippen LogP contribution >= 0.6 is 0 Å². The van der Waals surface area contributed by atoms with E-state index in [2.05, 4.69) is 6.58 Å². The van der Waals surface area contributed by atoms with E-state index >= 15 is 0 Å². The molecule has 1 saturated heterocycles. The average molecular weight is 541 g/mol. The van der Waals surface area contributed by atoms with Crippen LogP contribution in [0.2, 0.25) is 0 Å². The largest absolute Gasteiger partial charge is 0.457 e. The molecule has 5 N–H and O–H groups in total. The van der Waals surface area contributed by atoms with E-state index in [9.17, 15) is 38.9 Å². The molecule has 0 unspecified atom stereocenters. The number of nitrogens with one attached hydrogen (secondary N) is 2. The maximum Gasteiger partial charge on any atom is 0.325 e. The first-order chi connectivity index (χ1) is 17.3. The lowest BCUT2D eigenvalue weighted by Crippen LogP contribution is -2.86. The maximum atomic E-state index is 13.6. The Hall–Kier alpha value is -2.67. The van der Waals surface area contributed by atoms with E-state index in [-0.39, 0.29) is 6.42 Å². The average Bonchev–Trinajstić information content (AvgIpc) is 2.80. The number of hydrogen-bond donors (Lipinski definition) is 5. The van der Waals surface area contributed by atoms with Crippen LogP contribution in [-0.4, -0.2) is 72.2 Å². The third-order valence-electron chi connectivity index (χ3n) is 8.79. The standard InChI is InChI=1S/C22H34O7.C4H3FN2O2/c1-8-19(5)11-14(25)22(27)20(6)13(24)9-10-18(3,4)16(20)15(26)17(28-12(2)23)21(22,7)29-19;5-2-1-6-4(9)7-3(2)8/h8,13,15-17,24,26-27H,1,9-11H2,2-7H3;1H,(H2,6,7,8,9)/t13-,15-,16-,17-,19-,20-,21+,22-;/m0./s1. The topological polar surface area (TPSA) is 179 Å². The molecule has 212 valence electrons. The second kappa shape index (κ2) is 9.51. The van der Waals surface area contributed by atoms with Crippen LogP contribution in [0.15, 0.2) is 28.4 Å². The molecule has 0 bridgehead atoms. The van der Waals surface area contributed by atoms with Crippen LogP contribution in [0.25, 0.3) is 0 Å². The van der Waals surface area contributed by atoms with Crippen molar-refractivity contribution in [2.24, 2.45) is 16.7 Å². The minimum atomic E-state index is -2.18. The summed E-state index contributed by atoms with van der Waals surface area (Å²) in [4.78, 5) is 49.5. The monoisotopic (exact) mass is 540 g/mol. The quantitative estimate of drug-likeness (QED) is 0.267. The highest BCUT2D eigenvalue weighted by atomic mass is 19.1. The second-order valence-corrected chi connectivity index (χ2v) is 11.8. The molecule has 1 aromatic rings. The van der Waals surface area contributed by atoms with Gasteiger partial charge >= 0.3 is 11.7 Å². The predicted molar refractivity (Wildman–Crippen MR) is 132 cm³/mol. The summed E-state index contributed by atoms with van der Waals surface area (Å²) in [5.74, 6) is -2.87. The number of ketones is 1. The van der Waals surface area contributed by atoms with E-state index in [0.29, 0.717) is 19.0 Å². The lowest BCUT2D eigenvalue weighted by molar-refractivity contribution is -0.370. The number of halogens is 1. The summed E-state index contributed by atoms with van der Waals surface area (Å²) in [6, 6.07) is 0. The number of rotatable bonds is 2. The second-order valence-electron chi connectivity index (χ2n) is 11.8. The van der Waals surface area contributed by atoms with Crippen LogP contribution < -0.4 is 11.2 Å². The highest BCUT2D eigenvalue weighted by Gasteiger charge is 2.81. The minimum Gasteiger partial charge on any atom is -0.457 e. The minimum absolute atomic E-state index is 0.138. The Labute approximate surface area is 219 Å². The third kappa shape index (κ3) is 4.27. The molecule has 0 aromatic carbocycles. The SMILES string of the molecule is C=C[C@@]1(C)CC(=O)[C@]2(O)[C@@]3(C)[C@@H](O)CCC(C)(C)[C@@H]3[C@H](O)[C@H](OC(C)=O)[C@@]2(C)O1.O=c1[nH]cc(F)c(=O)[nH]1. The molecule has 2 heterocycles. The van der Waals surface area contributed by atoms with Crippen molar-refractivity contribution < 1.29 is 38.8 Å². The van der Waals surface area contributed by atoms with E-state index in [0.717, 1.165) is 0 Å². The first-order valence-corrected chi connectivity index (χ1v) is 12.4. The molecule has 0 amide bonds. The van der Waals surface area contributed by atoms with Gasteiger partial charge in [-0.25, -0.2) is 4.79 Å². The Balaban J connectivity index is 0.000000375. The summed E-state index contributed by atoms with van der Waals surface area (Å²) in [6.45, 7) is 13.6. The van der Waals surface area contributed by atoms with E-state index in [1.165, 1.54) is 19.9 Å². The first-order valence-electron chi connectivity index (χ1n) is 12.4. The Morgan fingerprint density at radius 1 is 1.21 bits per heavy atom. The molecule has 0 spiro atoms. The summed E-state index contributed by atoms with van der Waals surface area (Å²) >= 11 is 0. The van der Waals surface area contributed by atoms with Gasteiger partial charge in [0.05, 0.1) is 17.8 Å². The number of H-pyrrole nitrogens is 2. The number of carbonyl (C=O) groups is 2. The van der Waals surface area contributed by atoms with Crippen LogP contribution in [0.3, 0.4) is 0 Å². The van der Waals surface area contributed by atoms with Crippen LogP contribution in [-0.2, 0) is 19.1 Å². The van der Waals surface area contributed by atoms with Crippen molar-refractivity contribution in [1.82, 2.24) is 9.97 Å². The number of esters is 1. The highest BCUT2D eigenvalue weighted by Crippen LogP contribution is 2.67. The first kappa shape index (κ1) is 29.9. The van der Waals surface area contributed by atoms with Gasteiger partial charge in [0, 0.05) is 30.9 Å². The van der Waals surface area contributed by atoms with E-state index in [1.807, 2.05) is 18.8 Å². The molecule has 4 rings (SSSR count). The molecule has 38 heavy (non-hydrogen) atoms. The Kier molecular flexibility index (Phi) is 7.48. The van der Waals surface area contributed by atoms with E-state index < -0.39 is 80.7 Å². The molecule has 12 heteroatoms. The van der Waals surface area contributed by atoms with Crippen molar-refractivity contribution in [1.29, 1.82) is 0 Å². The van der Waals surface area contributed by atoms with Gasteiger partial charge in [-0.05, 0) is 32.1 Å². The molecule has 3 fully saturated rings. The van der Waals surface area contributed by atoms with Crippen LogP contribution in [0, 0.1) is 22.6 Å². The van der Waals surface area contributed by atoms with Crippen molar-refractivity contribution in [2.75, 3.05) is 0 Å². The van der Waals surface area contributed by atoms with Gasteiger partial charge in [0.25, 0.3) is 5.56 Å². The van der Waals surface area contributed by atoms with Gasteiger partial charge in [-0.1, -0.05) is 26.8 Å². The zero-order chi connectivity index (χ0) is 29.1. The maximum absolute atomic E-state index is 13.6. The number of ether oxygens (including phenoxy) is 2. The number of aliphatic hydroxyl groups is 3. The summed E-state index contributed by atoms with van der Waals surface area (Å²) in [5.41, 5.74) is -8.71. The number of aliphatic hydroxyl groups excluding tert-OH is 2. The summed E-state index contributed by atoms with van der Waals surface area (Å²) in [7, 11) is 0. The van der Waals surface area contributed by atoms with Crippen LogP contribution in [0.4, 0.5) is 4.39 Å². The van der Waals surface area contributed by atoms with Gasteiger partial charge in [-0.3, -0.25) is 19.4 Å². The normalized spacial score (nSPS) is 41.6. The number of hydrogen-bond acceptors (Lipinski definition) is 9. The molecule has 1 aromatic heterocycles. The Morgan fingerprint density at radius 3 is 2.32 bits per heavy atom. The smallest absolute Gasteiger partial charge is 0.325 e. The summed E-state index contributed by atoms with van der Waals surface area (Å²) < 4.78 is 23.8. The van der Waals surface area contributed by atoms with E-state index in [4.69, 9.17) is 9.47 Å². The fourth-order valence-corrected chi connectivity index (χ4v) is 7.05. The third-order valence-corrected chi connectivity index (χ3v) is 8.79. The Morgan fingerprint density at radius 2 is 1.82 bits per heavy atom. The fourth-order valence-electron chi connectivity index (χ4n) is 7.05.